The number of nitrogens with zero attached hydrogens (tertiary/aromatic N) is 4. The van der Waals surface area contributed by atoms with Crippen LogP contribution in [0.25, 0.3) is 0 Å². The van der Waals surface area contributed by atoms with Crippen molar-refractivity contribution in [2.45, 2.75) is 75.9 Å². The molecule has 1 aromatic heterocycles. The van der Waals surface area contributed by atoms with Gasteiger partial charge < -0.3 is 29.3 Å². The predicted octanol–water partition coefficient (Wildman–Crippen LogP) is 5.18. The van der Waals surface area contributed by atoms with Gasteiger partial charge in [0.1, 0.15) is 27.3 Å². The van der Waals surface area contributed by atoms with E-state index in [9.17, 15) is 28.8 Å². The molecule has 0 radical (unpaired) electrons. The first-order chi connectivity index (χ1) is 27.8. The summed E-state index contributed by atoms with van der Waals surface area (Å²) < 4.78 is 41.0. The Hall–Kier alpha value is -4.44. The SMILES string of the molecule is COc1nn(C)cc1C(=O)NS1(=O)=NC(=O)c2ccc3c(c2)N(C[C@@H]2CC[C@H]2[C@@H](OC(=O)CCC(O)CO)/C=C/C[C@H](C)C1)C[C@@]1(CCCc2cc(Cl)ccc21)CO3. The Balaban J connectivity index is 1.29. The van der Waals surface area contributed by atoms with E-state index >= 15 is 0 Å². The van der Waals surface area contributed by atoms with Gasteiger partial charge in [-0.25, -0.2) is 4.21 Å². The number of allylic oxidation sites excluding steroid dienone is 1. The highest BCUT2D eigenvalue weighted by Gasteiger charge is 2.45. The third kappa shape index (κ3) is 9.07. The molecule has 3 aromatic rings. The zero-order chi connectivity index (χ0) is 41.2. The van der Waals surface area contributed by atoms with E-state index in [0.29, 0.717) is 42.6 Å². The van der Waals surface area contributed by atoms with Crippen LogP contribution in [0.2, 0.25) is 5.02 Å². The predicted molar refractivity (Wildman–Crippen MR) is 219 cm³/mol. The molecule has 2 aromatic carbocycles. The molecular weight excluding hydrogens is 786 g/mol. The number of rotatable bonds is 8. The minimum Gasteiger partial charge on any atom is -0.490 e. The van der Waals surface area contributed by atoms with Gasteiger partial charge in [-0.3, -0.25) is 23.8 Å². The molecule has 2 aliphatic heterocycles. The standard InChI is InChI=1S/C42H52ClN5O9S/c1-26-6-4-8-36(57-38(51)16-12-31(50)22-49)32-13-9-29(32)20-48-24-42(17-5-7-27-18-30(43)11-14-34(27)42)25-56-37-15-10-28(19-35(37)48)39(52)45-58(54,23-26)46-40(53)33-21-47(2)44-41(33)55-3/h4,8,10-11,14-15,18-19,21,26,29,31-32,36,49-50H,5-7,9,12-13,16-17,20,22-25H2,1-3H3,(H,45,46,52,53,54)/b8-4+/t26-,29-,31?,32+,36-,42-,58?/m0/s1. The van der Waals surface area contributed by atoms with E-state index in [1.807, 2.05) is 31.2 Å². The van der Waals surface area contributed by atoms with Crippen LogP contribution in [0.4, 0.5) is 5.69 Å². The van der Waals surface area contributed by atoms with Crippen molar-refractivity contribution in [1.29, 1.82) is 0 Å². The highest BCUT2D eigenvalue weighted by atomic mass is 35.5. The summed E-state index contributed by atoms with van der Waals surface area (Å²) in [5, 5.41) is 24.0. The van der Waals surface area contributed by atoms with Crippen molar-refractivity contribution in [1.82, 2.24) is 14.5 Å². The molecule has 2 bridgehead atoms. The molecule has 58 heavy (non-hydrogen) atoms. The van der Waals surface area contributed by atoms with Crippen LogP contribution in [0.1, 0.15) is 83.7 Å². The van der Waals surface area contributed by atoms with Crippen molar-refractivity contribution >= 4 is 45.0 Å². The van der Waals surface area contributed by atoms with Crippen molar-refractivity contribution < 1.29 is 43.0 Å². The summed E-state index contributed by atoms with van der Waals surface area (Å²) in [5.74, 6) is -1.72. The molecule has 4 aliphatic rings. The molecule has 1 fully saturated rings. The summed E-state index contributed by atoms with van der Waals surface area (Å²) in [6.45, 7) is 2.98. The molecule has 14 nitrogen and oxygen atoms in total. The van der Waals surface area contributed by atoms with Crippen molar-refractivity contribution in [3.05, 3.63) is 82.0 Å². The molecule has 2 aliphatic carbocycles. The monoisotopic (exact) mass is 837 g/mol. The van der Waals surface area contributed by atoms with Crippen LogP contribution >= 0.6 is 11.6 Å². The van der Waals surface area contributed by atoms with Crippen molar-refractivity contribution in [3.63, 3.8) is 0 Å². The fourth-order valence-corrected chi connectivity index (χ4v) is 10.9. The number of benzene rings is 2. The van der Waals surface area contributed by atoms with Crippen LogP contribution in [0.5, 0.6) is 11.6 Å². The number of methoxy groups -OCH3 is 1. The number of nitrogens with one attached hydrogen (secondary N) is 1. The number of hydrogen-bond donors (Lipinski definition) is 3. The summed E-state index contributed by atoms with van der Waals surface area (Å²) in [7, 11) is -0.727. The third-order valence-corrected chi connectivity index (χ3v) is 14.1. The normalized spacial score (nSPS) is 28.0. The van der Waals surface area contributed by atoms with Crippen LogP contribution in [0, 0.1) is 17.8 Å². The molecule has 16 heteroatoms. The number of aliphatic hydroxyl groups excluding tert-OH is 2. The number of hydrogen-bond acceptors (Lipinski definition) is 11. The van der Waals surface area contributed by atoms with Gasteiger partial charge in [0.05, 0.1) is 37.9 Å². The quantitative estimate of drug-likeness (QED) is 0.201. The molecule has 0 saturated heterocycles. The van der Waals surface area contributed by atoms with E-state index in [4.69, 9.17) is 25.8 Å². The van der Waals surface area contributed by atoms with Gasteiger partial charge in [0.15, 0.2) is 0 Å². The Kier molecular flexibility index (Phi) is 12.5. The van der Waals surface area contributed by atoms with Gasteiger partial charge in [-0.1, -0.05) is 30.7 Å². The highest BCUT2D eigenvalue weighted by molar-refractivity contribution is 7.92. The second kappa shape index (κ2) is 17.4. The largest absolute Gasteiger partial charge is 0.490 e. The molecule has 2 amide bonds. The maximum Gasteiger partial charge on any atom is 0.306 e. The Labute approximate surface area is 344 Å². The van der Waals surface area contributed by atoms with E-state index in [0.717, 1.165) is 32.1 Å². The minimum atomic E-state index is -3.72. The van der Waals surface area contributed by atoms with Gasteiger partial charge >= 0.3 is 5.97 Å². The number of aromatic nitrogens is 2. The fraction of sp³-hybridized carbons (Fsp3) is 0.524. The molecule has 1 spiro atoms. The van der Waals surface area contributed by atoms with Crippen LogP contribution < -0.4 is 19.1 Å². The minimum absolute atomic E-state index is 0.0232. The van der Waals surface area contributed by atoms with Gasteiger partial charge in [0.25, 0.3) is 11.8 Å². The molecule has 7 atom stereocenters. The number of halogens is 1. The molecular formula is C42H52ClN5O9S. The lowest BCUT2D eigenvalue weighted by Gasteiger charge is -2.46. The zero-order valence-corrected chi connectivity index (χ0v) is 34.7. The average Bonchev–Trinajstić information content (AvgIpc) is 3.50. The second-order valence-corrected chi connectivity index (χ2v) is 18.7. The number of ether oxygens (including phenoxy) is 3. The first kappa shape index (κ1) is 41.7. The number of fused-ring (bicyclic) bond motifs is 4. The van der Waals surface area contributed by atoms with Crippen LogP contribution in [0.3, 0.4) is 0 Å². The second-order valence-electron chi connectivity index (χ2n) is 16.2. The average molecular weight is 838 g/mol. The Morgan fingerprint density at radius 3 is 2.79 bits per heavy atom. The number of carbonyl (C=O) groups excluding carboxylic acids is 3. The van der Waals surface area contributed by atoms with Gasteiger partial charge in [-0.05, 0) is 104 Å². The van der Waals surface area contributed by atoms with Gasteiger partial charge in [0.2, 0.25) is 5.88 Å². The number of esters is 1. The Morgan fingerprint density at radius 1 is 1.21 bits per heavy atom. The zero-order valence-electron chi connectivity index (χ0n) is 33.1. The number of carbonyl (C=O) groups is 3. The first-order valence-electron chi connectivity index (χ1n) is 19.9. The summed E-state index contributed by atoms with van der Waals surface area (Å²) in [6, 6.07) is 11.2. The lowest BCUT2D eigenvalue weighted by atomic mass is 9.68. The molecule has 3 heterocycles. The molecule has 7 rings (SSSR count). The maximum absolute atomic E-state index is 14.7. The summed E-state index contributed by atoms with van der Waals surface area (Å²) in [4.78, 5) is 43.2. The van der Waals surface area contributed by atoms with Crippen molar-refractivity contribution in [3.8, 4) is 11.6 Å². The first-order valence-corrected chi connectivity index (χ1v) is 22.0. The fourth-order valence-electron chi connectivity index (χ4n) is 8.80. The summed E-state index contributed by atoms with van der Waals surface area (Å²) in [5.41, 5.74) is 2.93. The van der Waals surface area contributed by atoms with E-state index in [1.54, 1.807) is 25.2 Å². The maximum atomic E-state index is 14.7. The van der Waals surface area contributed by atoms with E-state index in [-0.39, 0.29) is 58.8 Å². The Morgan fingerprint density at radius 2 is 2.03 bits per heavy atom. The summed E-state index contributed by atoms with van der Waals surface area (Å²) in [6.07, 6.45) is 8.47. The number of aryl methyl sites for hydroxylation is 2. The van der Waals surface area contributed by atoms with Crippen LogP contribution in [0.15, 0.2) is 59.1 Å². The molecule has 312 valence electrons. The van der Waals surface area contributed by atoms with E-state index in [1.165, 1.54) is 29.1 Å². The Bertz CT molecular complexity index is 2200. The molecule has 1 saturated carbocycles. The third-order valence-electron chi connectivity index (χ3n) is 11.9. The highest BCUT2D eigenvalue weighted by Crippen LogP contribution is 2.47. The molecule has 2 unspecified atom stereocenters. The van der Waals surface area contributed by atoms with Gasteiger partial charge in [0, 0.05) is 54.7 Å². The van der Waals surface area contributed by atoms with Crippen molar-refractivity contribution in [2.75, 3.05) is 44.1 Å². The smallest absolute Gasteiger partial charge is 0.306 e. The van der Waals surface area contributed by atoms with E-state index < -0.39 is 46.5 Å². The van der Waals surface area contributed by atoms with Crippen molar-refractivity contribution in [2.24, 2.45) is 29.2 Å². The summed E-state index contributed by atoms with van der Waals surface area (Å²) >= 11 is 6.47. The number of aliphatic hydroxyl groups is 2. The van der Waals surface area contributed by atoms with Crippen LogP contribution in [-0.4, -0.2) is 93.4 Å². The topological polar surface area (TPSA) is 182 Å². The number of amides is 2. The van der Waals surface area contributed by atoms with Crippen LogP contribution in [-0.2, 0) is 38.3 Å². The molecule has 3 N–H and O–H groups in total. The van der Waals surface area contributed by atoms with Gasteiger partial charge in [-0.15, -0.1) is 9.46 Å². The lowest BCUT2D eigenvalue weighted by Crippen LogP contribution is -2.50. The number of anilines is 1. The van der Waals surface area contributed by atoms with Gasteiger partial charge in [-0.2, -0.15) is 0 Å². The van der Waals surface area contributed by atoms with E-state index in [2.05, 4.69) is 25.1 Å². The lowest BCUT2D eigenvalue weighted by molar-refractivity contribution is -0.152.